The molecule has 5 heteroatoms. The topological polar surface area (TPSA) is 52.7 Å². The number of hydrogen-bond acceptors (Lipinski definition) is 3. The molecule has 1 N–H and O–H groups in total. The van der Waals surface area contributed by atoms with E-state index in [-0.39, 0.29) is 17.9 Å². The van der Waals surface area contributed by atoms with Crippen molar-refractivity contribution in [3.8, 4) is 0 Å². The maximum absolute atomic E-state index is 13.0. The molecule has 2 aromatic carbocycles. The molecule has 2 aromatic rings. The summed E-state index contributed by atoms with van der Waals surface area (Å²) in [4.78, 5) is 28.6. The summed E-state index contributed by atoms with van der Waals surface area (Å²) in [5.41, 5.74) is 2.65. The van der Waals surface area contributed by atoms with Crippen LogP contribution in [0, 0.1) is 0 Å². The second kappa shape index (κ2) is 10.2. The van der Waals surface area contributed by atoms with Gasteiger partial charge in [0.1, 0.15) is 0 Å². The van der Waals surface area contributed by atoms with Crippen LogP contribution in [0.1, 0.15) is 42.1 Å². The number of piperidine rings is 1. The standard InChI is InChI=1S/C24H31N3O2/c1-19(28)25-22-13-6-12-21(17-22)24(29)26(2)23-14-8-16-27(18-23)15-7-11-20-9-4-3-5-10-20/h3-6,9-10,12-13,17,23H,7-8,11,14-16,18H2,1-2H3,(H,25,28). The molecular formula is C24H31N3O2. The molecule has 5 nitrogen and oxygen atoms in total. The maximum atomic E-state index is 13.0. The number of anilines is 1. The van der Waals surface area contributed by atoms with Crippen LogP contribution in [-0.4, -0.2) is 54.3 Å². The predicted molar refractivity (Wildman–Crippen MR) is 117 cm³/mol. The molecule has 0 bridgehead atoms. The number of aryl methyl sites for hydroxylation is 1. The van der Waals surface area contributed by atoms with Gasteiger partial charge in [-0.15, -0.1) is 0 Å². The molecule has 0 aromatic heterocycles. The first-order valence-electron chi connectivity index (χ1n) is 10.4. The number of carbonyl (C=O) groups excluding carboxylic acids is 2. The first-order valence-corrected chi connectivity index (χ1v) is 10.4. The molecule has 1 fully saturated rings. The van der Waals surface area contributed by atoms with E-state index in [4.69, 9.17) is 0 Å². The molecule has 1 unspecified atom stereocenters. The first-order chi connectivity index (χ1) is 14.0. The minimum atomic E-state index is -0.138. The van der Waals surface area contributed by atoms with Gasteiger partial charge in [0.25, 0.3) is 5.91 Å². The molecule has 154 valence electrons. The highest BCUT2D eigenvalue weighted by molar-refractivity contribution is 5.96. The van der Waals surface area contributed by atoms with E-state index in [1.807, 2.05) is 24.1 Å². The van der Waals surface area contributed by atoms with Crippen molar-refractivity contribution >= 4 is 17.5 Å². The number of nitrogens with one attached hydrogen (secondary N) is 1. The summed E-state index contributed by atoms with van der Waals surface area (Å²) in [7, 11) is 1.89. The molecule has 1 heterocycles. The van der Waals surface area contributed by atoms with Crippen molar-refractivity contribution in [3.63, 3.8) is 0 Å². The second-order valence-electron chi connectivity index (χ2n) is 7.86. The zero-order valence-electron chi connectivity index (χ0n) is 17.4. The van der Waals surface area contributed by atoms with Crippen LogP contribution < -0.4 is 5.32 Å². The minimum Gasteiger partial charge on any atom is -0.337 e. The molecule has 0 radical (unpaired) electrons. The van der Waals surface area contributed by atoms with Crippen molar-refractivity contribution in [2.75, 3.05) is 32.0 Å². The van der Waals surface area contributed by atoms with Crippen molar-refractivity contribution in [3.05, 3.63) is 65.7 Å². The van der Waals surface area contributed by atoms with Crippen molar-refractivity contribution in [1.29, 1.82) is 0 Å². The lowest BCUT2D eigenvalue weighted by Gasteiger charge is -2.37. The lowest BCUT2D eigenvalue weighted by molar-refractivity contribution is -0.114. The van der Waals surface area contributed by atoms with E-state index in [1.165, 1.54) is 12.5 Å². The van der Waals surface area contributed by atoms with Gasteiger partial charge in [-0.25, -0.2) is 0 Å². The summed E-state index contributed by atoms with van der Waals surface area (Å²) in [6.45, 7) is 4.55. The SMILES string of the molecule is CC(=O)Nc1cccc(C(=O)N(C)C2CCCN(CCCc3ccccc3)C2)c1. The molecule has 1 saturated heterocycles. The second-order valence-corrected chi connectivity index (χ2v) is 7.86. The third-order valence-electron chi connectivity index (χ3n) is 5.56. The van der Waals surface area contributed by atoms with Gasteiger partial charge in [0.15, 0.2) is 0 Å². The number of likely N-dealkylation sites (tertiary alicyclic amines) is 1. The van der Waals surface area contributed by atoms with E-state index in [0.717, 1.165) is 45.3 Å². The zero-order chi connectivity index (χ0) is 20.6. The Labute approximate surface area is 173 Å². The summed E-state index contributed by atoms with van der Waals surface area (Å²) in [5.74, 6) is -0.130. The number of hydrogen-bond donors (Lipinski definition) is 1. The monoisotopic (exact) mass is 393 g/mol. The molecule has 3 rings (SSSR count). The van der Waals surface area contributed by atoms with Crippen LogP contribution in [0.3, 0.4) is 0 Å². The number of likely N-dealkylation sites (N-methyl/N-ethyl adjacent to an activating group) is 1. The number of amides is 2. The Morgan fingerprint density at radius 1 is 1.14 bits per heavy atom. The van der Waals surface area contributed by atoms with Crippen molar-refractivity contribution in [2.45, 2.75) is 38.6 Å². The Morgan fingerprint density at radius 2 is 1.93 bits per heavy atom. The molecule has 2 amide bonds. The smallest absolute Gasteiger partial charge is 0.253 e. The Bertz CT molecular complexity index is 822. The van der Waals surface area contributed by atoms with Gasteiger partial charge in [-0.05, 0) is 62.5 Å². The zero-order valence-corrected chi connectivity index (χ0v) is 17.4. The Morgan fingerprint density at radius 3 is 2.69 bits per heavy atom. The lowest BCUT2D eigenvalue weighted by atomic mass is 10.0. The fraction of sp³-hybridized carbons (Fsp3) is 0.417. The Balaban J connectivity index is 1.54. The van der Waals surface area contributed by atoms with Gasteiger partial charge in [-0.2, -0.15) is 0 Å². The fourth-order valence-corrected chi connectivity index (χ4v) is 4.00. The molecule has 1 aliphatic heterocycles. The van der Waals surface area contributed by atoms with Crippen LogP contribution in [-0.2, 0) is 11.2 Å². The van der Waals surface area contributed by atoms with Gasteiger partial charge in [0.05, 0.1) is 0 Å². The summed E-state index contributed by atoms with van der Waals surface area (Å²) in [6, 6.07) is 18.0. The van der Waals surface area contributed by atoms with Crippen LogP contribution in [0.15, 0.2) is 54.6 Å². The maximum Gasteiger partial charge on any atom is 0.253 e. The van der Waals surface area contributed by atoms with Gasteiger partial charge in [0, 0.05) is 37.8 Å². The minimum absolute atomic E-state index is 0.00772. The predicted octanol–water partition coefficient (Wildman–Crippen LogP) is 3.81. The fourth-order valence-electron chi connectivity index (χ4n) is 4.00. The average Bonchev–Trinajstić information content (AvgIpc) is 2.73. The number of rotatable bonds is 7. The van der Waals surface area contributed by atoms with Gasteiger partial charge >= 0.3 is 0 Å². The number of nitrogens with zero attached hydrogens (tertiary/aromatic N) is 2. The van der Waals surface area contributed by atoms with Crippen molar-refractivity contribution in [1.82, 2.24) is 9.80 Å². The van der Waals surface area contributed by atoms with E-state index in [1.54, 1.807) is 12.1 Å². The number of carbonyl (C=O) groups is 2. The third kappa shape index (κ3) is 6.16. The largest absolute Gasteiger partial charge is 0.337 e. The Kier molecular flexibility index (Phi) is 7.42. The van der Waals surface area contributed by atoms with Crippen LogP contribution >= 0.6 is 0 Å². The van der Waals surface area contributed by atoms with E-state index >= 15 is 0 Å². The summed E-state index contributed by atoms with van der Waals surface area (Å²) < 4.78 is 0. The van der Waals surface area contributed by atoms with Gasteiger partial charge in [0.2, 0.25) is 5.91 Å². The molecule has 0 spiro atoms. The van der Waals surface area contributed by atoms with Gasteiger partial charge < -0.3 is 15.1 Å². The van der Waals surface area contributed by atoms with E-state index in [0.29, 0.717) is 11.3 Å². The Hall–Kier alpha value is -2.66. The third-order valence-corrected chi connectivity index (χ3v) is 5.56. The van der Waals surface area contributed by atoms with Gasteiger partial charge in [-0.1, -0.05) is 36.4 Å². The van der Waals surface area contributed by atoms with E-state index < -0.39 is 0 Å². The van der Waals surface area contributed by atoms with Crippen molar-refractivity contribution < 1.29 is 9.59 Å². The molecule has 1 atom stereocenters. The number of benzene rings is 2. The van der Waals surface area contributed by atoms with Crippen LogP contribution in [0.25, 0.3) is 0 Å². The first kappa shape index (κ1) is 21.1. The highest BCUT2D eigenvalue weighted by Gasteiger charge is 2.26. The normalized spacial score (nSPS) is 17.0. The molecule has 29 heavy (non-hydrogen) atoms. The van der Waals surface area contributed by atoms with E-state index in [9.17, 15) is 9.59 Å². The van der Waals surface area contributed by atoms with Crippen LogP contribution in [0.4, 0.5) is 5.69 Å². The summed E-state index contributed by atoms with van der Waals surface area (Å²) in [6.07, 6.45) is 4.36. The molecule has 0 aliphatic carbocycles. The molecule has 1 aliphatic rings. The van der Waals surface area contributed by atoms with Crippen LogP contribution in [0.2, 0.25) is 0 Å². The van der Waals surface area contributed by atoms with Crippen LogP contribution in [0.5, 0.6) is 0 Å². The van der Waals surface area contributed by atoms with Crippen molar-refractivity contribution in [2.24, 2.45) is 0 Å². The average molecular weight is 394 g/mol. The molecular weight excluding hydrogens is 362 g/mol. The highest BCUT2D eigenvalue weighted by Crippen LogP contribution is 2.19. The lowest BCUT2D eigenvalue weighted by Crippen LogP contribution is -2.48. The summed E-state index contributed by atoms with van der Waals surface area (Å²) in [5, 5.41) is 2.74. The quantitative estimate of drug-likeness (QED) is 0.778. The van der Waals surface area contributed by atoms with E-state index in [2.05, 4.69) is 40.5 Å². The molecule has 0 saturated carbocycles. The summed E-state index contributed by atoms with van der Waals surface area (Å²) >= 11 is 0. The highest BCUT2D eigenvalue weighted by atomic mass is 16.2. The van der Waals surface area contributed by atoms with Gasteiger partial charge in [-0.3, -0.25) is 9.59 Å².